The predicted molar refractivity (Wildman–Crippen MR) is 67.8 cm³/mol. The van der Waals surface area contributed by atoms with Crippen LogP contribution in [0, 0.1) is 11.3 Å². The lowest BCUT2D eigenvalue weighted by Crippen LogP contribution is -2.55. The molecule has 2 bridgehead atoms. The molecule has 0 radical (unpaired) electrons. The second kappa shape index (κ2) is 4.43. The van der Waals surface area contributed by atoms with Crippen molar-refractivity contribution in [3.05, 3.63) is 23.9 Å². The van der Waals surface area contributed by atoms with Gasteiger partial charge in [-0.2, -0.15) is 5.26 Å². The first-order valence-electron chi connectivity index (χ1n) is 6.31. The van der Waals surface area contributed by atoms with Gasteiger partial charge in [-0.1, -0.05) is 0 Å². The highest BCUT2D eigenvalue weighted by molar-refractivity contribution is 5.66. The maximum Gasteiger partial charge on any atom is 0.407 e. The number of anilines is 1. The minimum atomic E-state index is -0.843. The third-order valence-corrected chi connectivity index (χ3v) is 3.89. The number of piperazine rings is 1. The highest BCUT2D eigenvalue weighted by Gasteiger charge is 2.41. The Bertz CT molecular complexity index is 523. The summed E-state index contributed by atoms with van der Waals surface area (Å²) in [6, 6.07) is 6.06. The van der Waals surface area contributed by atoms with Crippen LogP contribution in [-0.4, -0.2) is 46.3 Å². The highest BCUT2D eigenvalue weighted by Crippen LogP contribution is 2.33. The Morgan fingerprint density at radius 2 is 2.05 bits per heavy atom. The van der Waals surface area contributed by atoms with Gasteiger partial charge in [0.25, 0.3) is 0 Å². The van der Waals surface area contributed by atoms with Crippen molar-refractivity contribution in [1.29, 1.82) is 5.26 Å². The Kier molecular flexibility index (Phi) is 2.75. The Hall–Kier alpha value is -2.29. The summed E-state index contributed by atoms with van der Waals surface area (Å²) in [6.07, 6.45) is 2.72. The lowest BCUT2D eigenvalue weighted by atomic mass is 10.2. The molecular formula is C13H14N4O2. The summed E-state index contributed by atoms with van der Waals surface area (Å²) in [5.41, 5.74) is 0.542. The number of nitriles is 1. The number of carboxylic acid groups (broad SMARTS) is 1. The summed E-state index contributed by atoms with van der Waals surface area (Å²) in [5.74, 6) is 0.844. The van der Waals surface area contributed by atoms with E-state index in [2.05, 4.69) is 16.0 Å². The van der Waals surface area contributed by atoms with Crippen LogP contribution in [0.25, 0.3) is 0 Å². The molecule has 3 rings (SSSR count). The summed E-state index contributed by atoms with van der Waals surface area (Å²) in [7, 11) is 0. The molecule has 0 saturated carbocycles. The van der Waals surface area contributed by atoms with E-state index in [9.17, 15) is 4.79 Å². The number of likely N-dealkylation sites (tertiary alicyclic amines) is 1. The summed E-state index contributed by atoms with van der Waals surface area (Å²) in [4.78, 5) is 19.1. The maximum atomic E-state index is 11.1. The molecule has 98 valence electrons. The van der Waals surface area contributed by atoms with E-state index >= 15 is 0 Å². The van der Waals surface area contributed by atoms with Gasteiger partial charge < -0.3 is 14.9 Å². The van der Waals surface area contributed by atoms with Crippen molar-refractivity contribution in [1.82, 2.24) is 9.88 Å². The Labute approximate surface area is 110 Å². The fraction of sp³-hybridized carbons (Fsp3) is 0.462. The summed E-state index contributed by atoms with van der Waals surface area (Å²) in [6.45, 7) is 1.07. The number of rotatable bonds is 1. The van der Waals surface area contributed by atoms with E-state index in [-0.39, 0.29) is 12.1 Å². The molecule has 2 aliphatic heterocycles. The number of aromatic nitrogens is 1. The van der Waals surface area contributed by atoms with Gasteiger partial charge in [0.1, 0.15) is 11.9 Å². The molecule has 1 aromatic rings. The van der Waals surface area contributed by atoms with Crippen molar-refractivity contribution < 1.29 is 9.90 Å². The van der Waals surface area contributed by atoms with Crippen molar-refractivity contribution in [3.8, 4) is 6.07 Å². The number of fused-ring (bicyclic) bond motifs is 2. The molecular weight excluding hydrogens is 244 g/mol. The van der Waals surface area contributed by atoms with Gasteiger partial charge in [-0.3, -0.25) is 0 Å². The average molecular weight is 258 g/mol. The first-order chi connectivity index (χ1) is 9.19. The standard InChI is InChI=1S/C13H14N4O2/c14-5-9-1-4-12(15-6-9)17-10-2-3-11(17)8-16(7-10)13(18)19/h1,4,6,10-11H,2-3,7-8H2,(H,18,19). The lowest BCUT2D eigenvalue weighted by molar-refractivity contribution is 0.133. The Morgan fingerprint density at radius 3 is 2.53 bits per heavy atom. The van der Waals surface area contributed by atoms with Gasteiger partial charge in [0, 0.05) is 31.4 Å². The molecule has 2 saturated heterocycles. The first-order valence-corrected chi connectivity index (χ1v) is 6.31. The Balaban J connectivity index is 1.83. The van der Waals surface area contributed by atoms with E-state index in [1.807, 2.05) is 6.07 Å². The maximum absolute atomic E-state index is 11.1. The van der Waals surface area contributed by atoms with Crippen LogP contribution in [0.1, 0.15) is 18.4 Å². The van der Waals surface area contributed by atoms with Crippen molar-refractivity contribution in [2.75, 3.05) is 18.0 Å². The smallest absolute Gasteiger partial charge is 0.407 e. The van der Waals surface area contributed by atoms with E-state index in [1.54, 1.807) is 12.3 Å². The monoisotopic (exact) mass is 258 g/mol. The Morgan fingerprint density at radius 1 is 1.37 bits per heavy atom. The molecule has 2 fully saturated rings. The number of nitrogens with zero attached hydrogens (tertiary/aromatic N) is 4. The molecule has 6 heteroatoms. The van der Waals surface area contributed by atoms with E-state index in [0.717, 1.165) is 18.7 Å². The molecule has 2 aliphatic rings. The number of hydrogen-bond donors (Lipinski definition) is 1. The summed E-state index contributed by atoms with van der Waals surface area (Å²) in [5, 5.41) is 17.9. The van der Waals surface area contributed by atoms with Crippen molar-refractivity contribution in [2.45, 2.75) is 24.9 Å². The van der Waals surface area contributed by atoms with Crippen LogP contribution in [0.5, 0.6) is 0 Å². The van der Waals surface area contributed by atoms with Crippen LogP contribution in [0.15, 0.2) is 18.3 Å². The van der Waals surface area contributed by atoms with Crippen molar-refractivity contribution >= 4 is 11.9 Å². The van der Waals surface area contributed by atoms with Gasteiger partial charge in [0.2, 0.25) is 0 Å². The molecule has 2 atom stereocenters. The molecule has 1 aromatic heterocycles. The van der Waals surface area contributed by atoms with Crippen LogP contribution in [0.3, 0.4) is 0 Å². The van der Waals surface area contributed by atoms with Crippen LogP contribution in [-0.2, 0) is 0 Å². The molecule has 0 spiro atoms. The minimum Gasteiger partial charge on any atom is -0.465 e. The fourth-order valence-corrected chi connectivity index (χ4v) is 3.04. The zero-order valence-electron chi connectivity index (χ0n) is 10.4. The van der Waals surface area contributed by atoms with E-state index in [0.29, 0.717) is 18.7 Å². The molecule has 1 N–H and O–H groups in total. The third kappa shape index (κ3) is 1.97. The largest absolute Gasteiger partial charge is 0.465 e. The number of hydrogen-bond acceptors (Lipinski definition) is 4. The topological polar surface area (TPSA) is 80.5 Å². The second-order valence-corrected chi connectivity index (χ2v) is 5.00. The quantitative estimate of drug-likeness (QED) is 0.820. The third-order valence-electron chi connectivity index (χ3n) is 3.89. The molecule has 19 heavy (non-hydrogen) atoms. The minimum absolute atomic E-state index is 0.204. The number of carbonyl (C=O) groups is 1. The highest BCUT2D eigenvalue weighted by atomic mass is 16.4. The van der Waals surface area contributed by atoms with Crippen LogP contribution < -0.4 is 4.90 Å². The van der Waals surface area contributed by atoms with Gasteiger partial charge in [-0.15, -0.1) is 0 Å². The molecule has 2 unspecified atom stereocenters. The molecule has 0 aromatic carbocycles. The van der Waals surface area contributed by atoms with Gasteiger partial charge >= 0.3 is 6.09 Å². The second-order valence-electron chi connectivity index (χ2n) is 5.00. The normalized spacial score (nSPS) is 25.2. The van der Waals surface area contributed by atoms with Gasteiger partial charge in [-0.25, -0.2) is 9.78 Å². The van der Waals surface area contributed by atoms with Crippen LogP contribution in [0.4, 0.5) is 10.6 Å². The SMILES string of the molecule is N#Cc1ccc(N2C3CCC2CN(C(=O)O)C3)nc1. The van der Waals surface area contributed by atoms with Gasteiger partial charge in [0.15, 0.2) is 0 Å². The van der Waals surface area contributed by atoms with Gasteiger partial charge in [-0.05, 0) is 25.0 Å². The molecule has 1 amide bonds. The fourth-order valence-electron chi connectivity index (χ4n) is 3.04. The number of pyridine rings is 1. The van der Waals surface area contributed by atoms with E-state index in [4.69, 9.17) is 10.4 Å². The summed E-state index contributed by atoms with van der Waals surface area (Å²) >= 11 is 0. The number of amides is 1. The predicted octanol–water partition coefficient (Wildman–Crippen LogP) is 1.28. The lowest BCUT2D eigenvalue weighted by Gasteiger charge is -2.40. The first kappa shape index (κ1) is 11.8. The van der Waals surface area contributed by atoms with Crippen molar-refractivity contribution in [2.24, 2.45) is 0 Å². The molecule has 3 heterocycles. The van der Waals surface area contributed by atoms with E-state index < -0.39 is 6.09 Å². The van der Waals surface area contributed by atoms with Gasteiger partial charge in [0.05, 0.1) is 5.56 Å². The zero-order valence-corrected chi connectivity index (χ0v) is 10.4. The van der Waals surface area contributed by atoms with E-state index in [1.165, 1.54) is 4.90 Å². The summed E-state index contributed by atoms with van der Waals surface area (Å²) < 4.78 is 0. The average Bonchev–Trinajstić information content (AvgIpc) is 2.68. The molecule has 0 aliphatic carbocycles. The van der Waals surface area contributed by atoms with Crippen LogP contribution in [0.2, 0.25) is 0 Å². The zero-order chi connectivity index (χ0) is 13.4. The van der Waals surface area contributed by atoms with Crippen LogP contribution >= 0.6 is 0 Å². The molecule has 6 nitrogen and oxygen atoms in total. The van der Waals surface area contributed by atoms with Crippen molar-refractivity contribution in [3.63, 3.8) is 0 Å².